The largest absolute Gasteiger partial charge is 0.461 e. The number of amides is 1. The molecule has 1 amide bonds. The Labute approximate surface area is 136 Å². The highest BCUT2D eigenvalue weighted by Gasteiger charge is 2.24. The summed E-state index contributed by atoms with van der Waals surface area (Å²) in [6.07, 6.45) is 4.13. The molecule has 5 heteroatoms. The Morgan fingerprint density at radius 2 is 1.87 bits per heavy atom. The summed E-state index contributed by atoms with van der Waals surface area (Å²) in [6.45, 7) is 5.77. The van der Waals surface area contributed by atoms with E-state index in [1.54, 1.807) is 24.3 Å². The van der Waals surface area contributed by atoms with Crippen molar-refractivity contribution in [3.63, 3.8) is 0 Å². The molecule has 0 radical (unpaired) electrons. The molecule has 23 heavy (non-hydrogen) atoms. The van der Waals surface area contributed by atoms with Crippen molar-refractivity contribution < 1.29 is 19.1 Å². The summed E-state index contributed by atoms with van der Waals surface area (Å²) in [7, 11) is 0. The Morgan fingerprint density at radius 3 is 2.52 bits per heavy atom. The number of benzene rings is 1. The monoisotopic (exact) mass is 317 g/mol. The third kappa shape index (κ3) is 5.77. The molecule has 1 aliphatic rings. The zero-order valence-corrected chi connectivity index (χ0v) is 13.7. The van der Waals surface area contributed by atoms with Crippen molar-refractivity contribution >= 4 is 12.1 Å². The van der Waals surface area contributed by atoms with Crippen LogP contribution >= 0.6 is 0 Å². The highest BCUT2D eigenvalue weighted by molar-refractivity contribution is 5.89. The van der Waals surface area contributed by atoms with Crippen LogP contribution in [0.5, 0.6) is 0 Å². The summed E-state index contributed by atoms with van der Waals surface area (Å²) in [5.74, 6) is -0.231. The standard InChI is InChI=1S/C18H23NO4/c1-18(2,3)23-17(21)19-15-10-9-13(11-15)12-22-16(20)14-7-5-4-6-8-14/h4-10,13,15H,11-12H2,1-3H3,(H,19,21)/t13-,15+/m1/s1. The maximum atomic E-state index is 11.9. The molecule has 2 rings (SSSR count). The molecular formula is C18H23NO4. The summed E-state index contributed by atoms with van der Waals surface area (Å²) in [6, 6.07) is 8.80. The Balaban J connectivity index is 1.73. The lowest BCUT2D eigenvalue weighted by Gasteiger charge is -2.21. The van der Waals surface area contributed by atoms with Gasteiger partial charge in [0, 0.05) is 5.92 Å². The van der Waals surface area contributed by atoms with Gasteiger partial charge < -0.3 is 14.8 Å². The first-order chi connectivity index (χ1) is 10.8. The molecule has 2 atom stereocenters. The minimum Gasteiger partial charge on any atom is -0.461 e. The molecule has 1 aromatic carbocycles. The van der Waals surface area contributed by atoms with Gasteiger partial charge in [0.2, 0.25) is 0 Å². The first-order valence-corrected chi connectivity index (χ1v) is 7.73. The van der Waals surface area contributed by atoms with Crippen molar-refractivity contribution in [3.05, 3.63) is 48.0 Å². The molecule has 0 unspecified atom stereocenters. The number of carbonyl (C=O) groups excluding carboxylic acids is 2. The summed E-state index contributed by atoms with van der Waals surface area (Å²) in [4.78, 5) is 23.6. The fraction of sp³-hybridized carbons (Fsp3) is 0.444. The predicted molar refractivity (Wildman–Crippen MR) is 87.1 cm³/mol. The number of esters is 1. The van der Waals surface area contributed by atoms with Crippen LogP contribution in [0.4, 0.5) is 4.79 Å². The van der Waals surface area contributed by atoms with Crippen molar-refractivity contribution in [2.24, 2.45) is 5.92 Å². The Hall–Kier alpha value is -2.30. The Kier molecular flexibility index (Phi) is 5.42. The first-order valence-electron chi connectivity index (χ1n) is 7.73. The van der Waals surface area contributed by atoms with Gasteiger partial charge in [-0.05, 0) is 39.3 Å². The third-order valence-electron chi connectivity index (χ3n) is 3.31. The lowest BCUT2D eigenvalue weighted by Crippen LogP contribution is -2.37. The number of nitrogens with one attached hydrogen (secondary N) is 1. The average molecular weight is 317 g/mol. The molecule has 0 aliphatic heterocycles. The summed E-state index contributed by atoms with van der Waals surface area (Å²) in [5.41, 5.74) is 0.0229. The summed E-state index contributed by atoms with van der Waals surface area (Å²) < 4.78 is 10.5. The molecule has 124 valence electrons. The van der Waals surface area contributed by atoms with E-state index in [1.807, 2.05) is 39.0 Å². The molecule has 1 aromatic rings. The molecule has 1 aliphatic carbocycles. The zero-order valence-electron chi connectivity index (χ0n) is 13.7. The van der Waals surface area contributed by atoms with E-state index in [0.717, 1.165) is 0 Å². The van der Waals surface area contributed by atoms with Gasteiger partial charge >= 0.3 is 12.1 Å². The van der Waals surface area contributed by atoms with E-state index in [9.17, 15) is 9.59 Å². The second-order valence-corrected chi connectivity index (χ2v) is 6.60. The maximum absolute atomic E-state index is 11.9. The van der Waals surface area contributed by atoms with Crippen LogP contribution in [0.15, 0.2) is 42.5 Å². The van der Waals surface area contributed by atoms with Crippen LogP contribution in [0.25, 0.3) is 0 Å². The number of ether oxygens (including phenoxy) is 2. The van der Waals surface area contributed by atoms with Crippen LogP contribution in [0, 0.1) is 5.92 Å². The lowest BCUT2D eigenvalue weighted by molar-refractivity contribution is 0.0442. The van der Waals surface area contributed by atoms with Crippen LogP contribution in [0.3, 0.4) is 0 Å². The van der Waals surface area contributed by atoms with Gasteiger partial charge in [-0.1, -0.05) is 30.4 Å². The van der Waals surface area contributed by atoms with E-state index in [0.29, 0.717) is 18.6 Å². The molecule has 0 spiro atoms. The molecule has 5 nitrogen and oxygen atoms in total. The van der Waals surface area contributed by atoms with Crippen molar-refractivity contribution in [2.75, 3.05) is 6.61 Å². The minimum atomic E-state index is -0.517. The van der Waals surface area contributed by atoms with E-state index in [1.165, 1.54) is 0 Å². The van der Waals surface area contributed by atoms with Gasteiger partial charge in [-0.3, -0.25) is 0 Å². The van der Waals surface area contributed by atoms with Gasteiger partial charge in [0.1, 0.15) is 5.60 Å². The van der Waals surface area contributed by atoms with Gasteiger partial charge in [0.25, 0.3) is 0 Å². The SMILES string of the molecule is CC(C)(C)OC(=O)N[C@H]1C=C[C@@H](COC(=O)c2ccccc2)C1. The number of hydrogen-bond acceptors (Lipinski definition) is 4. The molecular weight excluding hydrogens is 294 g/mol. The van der Waals surface area contributed by atoms with Crippen LogP contribution in [0.2, 0.25) is 0 Å². The molecule has 0 bridgehead atoms. The zero-order chi connectivity index (χ0) is 16.9. The molecule has 0 saturated carbocycles. The number of carbonyl (C=O) groups is 2. The Bertz CT molecular complexity index is 574. The van der Waals surface area contributed by atoms with Gasteiger partial charge in [-0.15, -0.1) is 0 Å². The fourth-order valence-corrected chi connectivity index (χ4v) is 2.30. The first kappa shape index (κ1) is 17.1. The molecule has 1 N–H and O–H groups in total. The van der Waals surface area contributed by atoms with Crippen molar-refractivity contribution in [1.29, 1.82) is 0 Å². The summed E-state index contributed by atoms with van der Waals surface area (Å²) >= 11 is 0. The topological polar surface area (TPSA) is 64.6 Å². The van der Waals surface area contributed by atoms with E-state index in [-0.39, 0.29) is 17.9 Å². The van der Waals surface area contributed by atoms with Crippen molar-refractivity contribution in [1.82, 2.24) is 5.32 Å². The normalized spacial score (nSPS) is 20.1. The van der Waals surface area contributed by atoms with E-state index >= 15 is 0 Å². The third-order valence-corrected chi connectivity index (χ3v) is 3.31. The summed E-state index contributed by atoms with van der Waals surface area (Å²) in [5, 5.41) is 2.80. The second kappa shape index (κ2) is 7.31. The molecule has 0 fully saturated rings. The van der Waals surface area contributed by atoms with E-state index in [2.05, 4.69) is 5.32 Å². The number of rotatable bonds is 4. The molecule has 0 aromatic heterocycles. The highest BCUT2D eigenvalue weighted by atomic mass is 16.6. The molecule has 0 heterocycles. The number of alkyl carbamates (subject to hydrolysis) is 1. The maximum Gasteiger partial charge on any atom is 0.408 e. The van der Waals surface area contributed by atoms with Crippen molar-refractivity contribution in [3.8, 4) is 0 Å². The van der Waals surface area contributed by atoms with Gasteiger partial charge in [0.05, 0.1) is 18.2 Å². The smallest absolute Gasteiger partial charge is 0.408 e. The van der Waals surface area contributed by atoms with E-state index < -0.39 is 11.7 Å². The highest BCUT2D eigenvalue weighted by Crippen LogP contribution is 2.19. The van der Waals surface area contributed by atoms with E-state index in [4.69, 9.17) is 9.47 Å². The van der Waals surface area contributed by atoms with Crippen LogP contribution in [-0.4, -0.2) is 30.3 Å². The predicted octanol–water partition coefficient (Wildman–Crippen LogP) is 3.31. The minimum absolute atomic E-state index is 0.0923. The van der Waals surface area contributed by atoms with Crippen LogP contribution in [-0.2, 0) is 9.47 Å². The van der Waals surface area contributed by atoms with Gasteiger partial charge in [-0.2, -0.15) is 0 Å². The van der Waals surface area contributed by atoms with Crippen LogP contribution in [0.1, 0.15) is 37.6 Å². The Morgan fingerprint density at radius 1 is 1.17 bits per heavy atom. The second-order valence-electron chi connectivity index (χ2n) is 6.60. The average Bonchev–Trinajstić information content (AvgIpc) is 2.91. The fourth-order valence-electron chi connectivity index (χ4n) is 2.30. The van der Waals surface area contributed by atoms with Gasteiger partial charge in [0.15, 0.2) is 0 Å². The molecule has 0 saturated heterocycles. The number of hydrogen-bond donors (Lipinski definition) is 1. The lowest BCUT2D eigenvalue weighted by atomic mass is 10.1. The van der Waals surface area contributed by atoms with Gasteiger partial charge in [-0.25, -0.2) is 9.59 Å². The van der Waals surface area contributed by atoms with Crippen molar-refractivity contribution in [2.45, 2.75) is 38.8 Å². The quantitative estimate of drug-likeness (QED) is 0.683. The van der Waals surface area contributed by atoms with Crippen LogP contribution < -0.4 is 5.32 Å².